The molecule has 2 aliphatic rings. The Morgan fingerprint density at radius 2 is 1.77 bits per heavy atom. The fourth-order valence-corrected chi connectivity index (χ4v) is 5.17. The van der Waals surface area contributed by atoms with Crippen LogP contribution in [0.25, 0.3) is 17.1 Å². The summed E-state index contributed by atoms with van der Waals surface area (Å²) in [5.41, 5.74) is 8.23. The van der Waals surface area contributed by atoms with Gasteiger partial charge in [-0.15, -0.1) is 0 Å². The van der Waals surface area contributed by atoms with Crippen LogP contribution in [0.1, 0.15) is 28.2 Å². The minimum atomic E-state index is 0.590. The van der Waals surface area contributed by atoms with Crippen molar-refractivity contribution in [2.45, 2.75) is 33.4 Å². The molecule has 0 amide bonds. The van der Waals surface area contributed by atoms with Gasteiger partial charge in [-0.3, -0.25) is 4.90 Å². The summed E-state index contributed by atoms with van der Waals surface area (Å²) in [4.78, 5) is 12.0. The lowest BCUT2D eigenvalue weighted by Crippen LogP contribution is -2.31. The van der Waals surface area contributed by atoms with Crippen LogP contribution in [-0.2, 0) is 19.5 Å². The first-order chi connectivity index (χ1) is 17.0. The smallest absolute Gasteiger partial charge is 0.163 e. The van der Waals surface area contributed by atoms with E-state index in [0.717, 1.165) is 65.3 Å². The van der Waals surface area contributed by atoms with E-state index in [2.05, 4.69) is 46.5 Å². The van der Waals surface area contributed by atoms with E-state index in [9.17, 15) is 0 Å². The van der Waals surface area contributed by atoms with Crippen molar-refractivity contribution in [3.8, 4) is 28.6 Å². The molecule has 2 aliphatic heterocycles. The van der Waals surface area contributed by atoms with Gasteiger partial charge in [-0.1, -0.05) is 11.6 Å². The van der Waals surface area contributed by atoms with Crippen molar-refractivity contribution in [1.29, 1.82) is 0 Å². The molecule has 0 saturated heterocycles. The minimum absolute atomic E-state index is 0.590. The first-order valence-electron chi connectivity index (χ1n) is 12.0. The number of hydrogen-bond donors (Lipinski definition) is 0. The molecule has 35 heavy (non-hydrogen) atoms. The Bertz CT molecular complexity index is 1400. The highest BCUT2D eigenvalue weighted by atomic mass is 35.5. The molecule has 0 aliphatic carbocycles. The van der Waals surface area contributed by atoms with E-state index in [4.69, 9.17) is 26.1 Å². The molecular weight excluding hydrogens is 460 g/mol. The summed E-state index contributed by atoms with van der Waals surface area (Å²) in [5.74, 6) is 2.39. The van der Waals surface area contributed by atoms with E-state index in [1.807, 2.05) is 36.5 Å². The number of benzene rings is 2. The maximum atomic E-state index is 6.02. The topological polar surface area (TPSA) is 52.4 Å². The molecule has 2 aromatic carbocycles. The molecule has 6 rings (SSSR count). The van der Waals surface area contributed by atoms with E-state index < -0.39 is 0 Å². The summed E-state index contributed by atoms with van der Waals surface area (Å²) < 4.78 is 13.8. The highest BCUT2D eigenvalue weighted by Gasteiger charge is 2.22. The predicted molar refractivity (Wildman–Crippen MR) is 137 cm³/mol. The lowest BCUT2D eigenvalue weighted by Gasteiger charge is -2.28. The predicted octanol–water partition coefficient (Wildman–Crippen LogP) is 5.53. The average Bonchev–Trinajstić information content (AvgIpc) is 3.16. The molecule has 0 fully saturated rings. The minimum Gasteiger partial charge on any atom is -0.486 e. The Morgan fingerprint density at radius 1 is 0.971 bits per heavy atom. The standard InChI is InChI=1S/C28H27ClN4O2/c1-18-13-21(19(2)33(18)24-7-8-26-27(14-24)35-12-11-34-26)16-32-10-9-25-22(17-32)15-30-28(31-25)20-3-5-23(29)6-4-20/h3-8,13-15H,9-12,16-17H2,1-2H3. The van der Waals surface area contributed by atoms with Crippen molar-refractivity contribution in [3.63, 3.8) is 0 Å². The number of rotatable bonds is 4. The number of hydrogen-bond acceptors (Lipinski definition) is 5. The van der Waals surface area contributed by atoms with Crippen molar-refractivity contribution < 1.29 is 9.47 Å². The summed E-state index contributed by atoms with van der Waals surface area (Å²) in [7, 11) is 0. The van der Waals surface area contributed by atoms with Gasteiger partial charge in [-0.05, 0) is 61.9 Å². The molecule has 0 atom stereocenters. The van der Waals surface area contributed by atoms with E-state index in [1.165, 1.54) is 22.5 Å². The van der Waals surface area contributed by atoms with E-state index >= 15 is 0 Å². The van der Waals surface area contributed by atoms with Gasteiger partial charge >= 0.3 is 0 Å². The second kappa shape index (κ2) is 9.02. The van der Waals surface area contributed by atoms with Crippen LogP contribution in [0, 0.1) is 13.8 Å². The van der Waals surface area contributed by atoms with Crippen LogP contribution in [0.15, 0.2) is 54.7 Å². The van der Waals surface area contributed by atoms with Crippen molar-refractivity contribution in [2.75, 3.05) is 19.8 Å². The van der Waals surface area contributed by atoms with Gasteiger partial charge in [0, 0.05) is 71.5 Å². The van der Waals surface area contributed by atoms with Crippen LogP contribution in [0.2, 0.25) is 5.02 Å². The first-order valence-corrected chi connectivity index (χ1v) is 12.3. The monoisotopic (exact) mass is 486 g/mol. The van der Waals surface area contributed by atoms with Gasteiger partial charge in [-0.2, -0.15) is 0 Å². The number of fused-ring (bicyclic) bond motifs is 2. The van der Waals surface area contributed by atoms with Gasteiger partial charge < -0.3 is 14.0 Å². The molecular formula is C28H27ClN4O2. The lowest BCUT2D eigenvalue weighted by atomic mass is 10.1. The third-order valence-electron chi connectivity index (χ3n) is 6.83. The largest absolute Gasteiger partial charge is 0.486 e. The Morgan fingerprint density at radius 3 is 2.60 bits per heavy atom. The summed E-state index contributed by atoms with van der Waals surface area (Å²) >= 11 is 6.02. The fourth-order valence-electron chi connectivity index (χ4n) is 5.05. The highest BCUT2D eigenvalue weighted by molar-refractivity contribution is 6.30. The van der Waals surface area contributed by atoms with Crippen LogP contribution in [0.3, 0.4) is 0 Å². The highest BCUT2D eigenvalue weighted by Crippen LogP contribution is 2.34. The Hall–Kier alpha value is -3.35. The van der Waals surface area contributed by atoms with Gasteiger partial charge in [0.25, 0.3) is 0 Å². The summed E-state index contributed by atoms with van der Waals surface area (Å²) in [5, 5.41) is 0.718. The zero-order valence-electron chi connectivity index (χ0n) is 19.9. The van der Waals surface area contributed by atoms with Crippen LogP contribution >= 0.6 is 11.6 Å². The normalized spacial score (nSPS) is 15.2. The van der Waals surface area contributed by atoms with Crippen LogP contribution < -0.4 is 9.47 Å². The number of ether oxygens (including phenoxy) is 2. The van der Waals surface area contributed by atoms with Crippen molar-refractivity contribution >= 4 is 11.6 Å². The molecule has 2 aromatic heterocycles. The molecule has 178 valence electrons. The number of aromatic nitrogens is 3. The van der Waals surface area contributed by atoms with Crippen LogP contribution in [0.5, 0.6) is 11.5 Å². The fraction of sp³-hybridized carbons (Fsp3) is 0.286. The second-order valence-corrected chi connectivity index (χ2v) is 9.63. The van der Waals surface area contributed by atoms with Crippen LogP contribution in [-0.4, -0.2) is 39.2 Å². The van der Waals surface area contributed by atoms with Crippen LogP contribution in [0.4, 0.5) is 0 Å². The van der Waals surface area contributed by atoms with E-state index in [-0.39, 0.29) is 0 Å². The molecule has 4 heterocycles. The number of aryl methyl sites for hydroxylation is 1. The van der Waals surface area contributed by atoms with Gasteiger partial charge in [0.2, 0.25) is 0 Å². The van der Waals surface area contributed by atoms with E-state index in [1.54, 1.807) is 0 Å². The molecule has 0 saturated carbocycles. The van der Waals surface area contributed by atoms with Crippen molar-refractivity contribution in [3.05, 3.63) is 88.0 Å². The maximum Gasteiger partial charge on any atom is 0.163 e. The first kappa shape index (κ1) is 22.1. The van der Waals surface area contributed by atoms with Crippen molar-refractivity contribution in [1.82, 2.24) is 19.4 Å². The Kier molecular flexibility index (Phi) is 5.71. The van der Waals surface area contributed by atoms with Gasteiger partial charge in [0.1, 0.15) is 13.2 Å². The maximum absolute atomic E-state index is 6.02. The van der Waals surface area contributed by atoms with Gasteiger partial charge in [0.15, 0.2) is 17.3 Å². The Balaban J connectivity index is 1.20. The SMILES string of the molecule is Cc1cc(CN2CCc3nc(-c4ccc(Cl)cc4)ncc3C2)c(C)n1-c1ccc2c(c1)OCCO2. The summed E-state index contributed by atoms with van der Waals surface area (Å²) in [6.45, 7) is 8.25. The summed E-state index contributed by atoms with van der Waals surface area (Å²) in [6, 6.07) is 16.2. The average molecular weight is 487 g/mol. The molecule has 6 nitrogen and oxygen atoms in total. The molecule has 4 aromatic rings. The second-order valence-electron chi connectivity index (χ2n) is 9.19. The number of halogens is 1. The summed E-state index contributed by atoms with van der Waals surface area (Å²) in [6.07, 6.45) is 2.90. The molecule has 7 heteroatoms. The number of nitrogens with zero attached hydrogens (tertiary/aromatic N) is 4. The third kappa shape index (κ3) is 4.28. The third-order valence-corrected chi connectivity index (χ3v) is 7.08. The lowest BCUT2D eigenvalue weighted by molar-refractivity contribution is 0.171. The van der Waals surface area contributed by atoms with E-state index in [0.29, 0.717) is 13.2 Å². The molecule has 0 unspecified atom stereocenters. The molecule has 0 bridgehead atoms. The van der Waals surface area contributed by atoms with Gasteiger partial charge in [0.05, 0.1) is 5.69 Å². The zero-order valence-corrected chi connectivity index (χ0v) is 20.7. The van der Waals surface area contributed by atoms with Crippen molar-refractivity contribution in [2.24, 2.45) is 0 Å². The van der Waals surface area contributed by atoms with Gasteiger partial charge in [-0.25, -0.2) is 9.97 Å². The quantitative estimate of drug-likeness (QED) is 0.379. The molecule has 0 radical (unpaired) electrons. The zero-order chi connectivity index (χ0) is 23.9. The molecule has 0 spiro atoms. The molecule has 0 N–H and O–H groups in total. The Labute approximate surface area is 210 Å².